The maximum atomic E-state index is 5.81. The molecule has 0 saturated heterocycles. The van der Waals surface area contributed by atoms with Crippen LogP contribution in [0.1, 0.15) is 19.8 Å². The first kappa shape index (κ1) is 11.9. The summed E-state index contributed by atoms with van der Waals surface area (Å²) in [5.74, 6) is 0.833. The second kappa shape index (κ2) is 5.19. The number of rotatable bonds is 5. The van der Waals surface area contributed by atoms with Gasteiger partial charge in [0.1, 0.15) is 12.2 Å². The molecule has 1 aliphatic rings. The van der Waals surface area contributed by atoms with E-state index in [1.54, 1.807) is 13.3 Å². The van der Waals surface area contributed by atoms with E-state index >= 15 is 0 Å². The SMILES string of the molecule is CCCn1cc(OC2CC(Br)C2OC)cn1. The summed E-state index contributed by atoms with van der Waals surface area (Å²) in [4.78, 5) is 0.410. The zero-order chi connectivity index (χ0) is 11.5. The standard InChI is InChI=1S/C11H17BrN2O2/c1-3-4-14-7-8(6-13-14)16-10-5-9(12)11(10)15-2/h6-7,9-11H,3-5H2,1-2H3. The normalized spacial score (nSPS) is 28.8. The Morgan fingerprint density at radius 1 is 1.62 bits per heavy atom. The molecule has 1 fully saturated rings. The van der Waals surface area contributed by atoms with E-state index in [4.69, 9.17) is 9.47 Å². The molecule has 0 bridgehead atoms. The molecule has 1 aliphatic carbocycles. The van der Waals surface area contributed by atoms with Crippen molar-refractivity contribution in [2.45, 2.75) is 43.3 Å². The quantitative estimate of drug-likeness (QED) is 0.780. The molecule has 1 aromatic rings. The summed E-state index contributed by atoms with van der Waals surface area (Å²) < 4.78 is 13.1. The fourth-order valence-corrected chi connectivity index (χ4v) is 2.80. The van der Waals surface area contributed by atoms with Crippen molar-refractivity contribution in [3.05, 3.63) is 12.4 Å². The van der Waals surface area contributed by atoms with Crippen molar-refractivity contribution >= 4 is 15.9 Å². The third-order valence-electron chi connectivity index (χ3n) is 2.80. The summed E-state index contributed by atoms with van der Waals surface area (Å²) in [7, 11) is 1.72. The molecular weight excluding hydrogens is 272 g/mol. The highest BCUT2D eigenvalue weighted by molar-refractivity contribution is 9.09. The lowest BCUT2D eigenvalue weighted by Crippen LogP contribution is -2.51. The van der Waals surface area contributed by atoms with Crippen molar-refractivity contribution in [1.82, 2.24) is 9.78 Å². The zero-order valence-electron chi connectivity index (χ0n) is 9.60. The second-order valence-electron chi connectivity index (χ2n) is 4.05. The summed E-state index contributed by atoms with van der Waals surface area (Å²) in [6, 6.07) is 0. The number of alkyl halides is 1. The minimum Gasteiger partial charge on any atom is -0.484 e. The van der Waals surface area contributed by atoms with Crippen molar-refractivity contribution in [2.24, 2.45) is 0 Å². The van der Waals surface area contributed by atoms with Crippen molar-refractivity contribution in [2.75, 3.05) is 7.11 Å². The van der Waals surface area contributed by atoms with Gasteiger partial charge in [-0.1, -0.05) is 22.9 Å². The summed E-state index contributed by atoms with van der Waals surface area (Å²) in [5.41, 5.74) is 0. The second-order valence-corrected chi connectivity index (χ2v) is 5.22. The van der Waals surface area contributed by atoms with Crippen LogP contribution in [-0.4, -0.2) is 33.9 Å². The minimum atomic E-state index is 0.147. The van der Waals surface area contributed by atoms with Crippen LogP contribution in [0.15, 0.2) is 12.4 Å². The fourth-order valence-electron chi connectivity index (χ4n) is 1.87. The van der Waals surface area contributed by atoms with Crippen LogP contribution in [0.2, 0.25) is 0 Å². The van der Waals surface area contributed by atoms with Crippen LogP contribution >= 0.6 is 15.9 Å². The van der Waals surface area contributed by atoms with Gasteiger partial charge >= 0.3 is 0 Å². The van der Waals surface area contributed by atoms with E-state index < -0.39 is 0 Å². The monoisotopic (exact) mass is 288 g/mol. The van der Waals surface area contributed by atoms with E-state index in [0.29, 0.717) is 4.83 Å². The molecule has 5 heteroatoms. The lowest BCUT2D eigenvalue weighted by atomic mass is 9.91. The van der Waals surface area contributed by atoms with Crippen LogP contribution < -0.4 is 4.74 Å². The van der Waals surface area contributed by atoms with Gasteiger partial charge in [0.25, 0.3) is 0 Å². The number of methoxy groups -OCH3 is 1. The van der Waals surface area contributed by atoms with Gasteiger partial charge in [-0.05, 0) is 6.42 Å². The first-order valence-corrected chi connectivity index (χ1v) is 6.52. The molecule has 0 N–H and O–H groups in total. The highest BCUT2D eigenvalue weighted by Gasteiger charge is 2.41. The predicted molar refractivity (Wildman–Crippen MR) is 65.1 cm³/mol. The molecule has 1 aromatic heterocycles. The number of halogens is 1. The Morgan fingerprint density at radius 2 is 2.44 bits per heavy atom. The number of hydrogen-bond acceptors (Lipinski definition) is 3. The highest BCUT2D eigenvalue weighted by Crippen LogP contribution is 2.33. The molecule has 16 heavy (non-hydrogen) atoms. The maximum Gasteiger partial charge on any atom is 0.157 e. The van der Waals surface area contributed by atoms with Gasteiger partial charge in [0.2, 0.25) is 0 Å². The third-order valence-corrected chi connectivity index (χ3v) is 3.70. The summed E-state index contributed by atoms with van der Waals surface area (Å²) in [6.45, 7) is 3.06. The first-order valence-electron chi connectivity index (χ1n) is 5.60. The average Bonchev–Trinajstić information content (AvgIpc) is 2.66. The van der Waals surface area contributed by atoms with Crippen LogP contribution in [0, 0.1) is 0 Å². The topological polar surface area (TPSA) is 36.3 Å². The average molecular weight is 289 g/mol. The van der Waals surface area contributed by atoms with Crippen molar-refractivity contribution in [3.8, 4) is 5.75 Å². The highest BCUT2D eigenvalue weighted by atomic mass is 79.9. The van der Waals surface area contributed by atoms with E-state index in [1.807, 2.05) is 10.9 Å². The molecule has 0 amide bonds. The Morgan fingerprint density at radius 3 is 3.06 bits per heavy atom. The molecule has 4 nitrogen and oxygen atoms in total. The number of hydrogen-bond donors (Lipinski definition) is 0. The zero-order valence-corrected chi connectivity index (χ0v) is 11.2. The van der Waals surface area contributed by atoms with Gasteiger partial charge in [-0.15, -0.1) is 0 Å². The number of aryl methyl sites for hydroxylation is 1. The van der Waals surface area contributed by atoms with E-state index in [1.165, 1.54) is 0 Å². The van der Waals surface area contributed by atoms with Gasteiger partial charge in [0.15, 0.2) is 5.75 Å². The Bertz CT molecular complexity index is 342. The molecule has 0 aromatic carbocycles. The van der Waals surface area contributed by atoms with E-state index in [2.05, 4.69) is 28.0 Å². The van der Waals surface area contributed by atoms with Crippen molar-refractivity contribution in [1.29, 1.82) is 0 Å². The van der Waals surface area contributed by atoms with Gasteiger partial charge in [-0.3, -0.25) is 4.68 Å². The van der Waals surface area contributed by atoms with Gasteiger partial charge < -0.3 is 9.47 Å². The molecule has 0 radical (unpaired) electrons. The molecule has 1 saturated carbocycles. The number of ether oxygens (including phenoxy) is 2. The third kappa shape index (κ3) is 2.40. The van der Waals surface area contributed by atoms with Crippen molar-refractivity contribution < 1.29 is 9.47 Å². The largest absolute Gasteiger partial charge is 0.484 e. The molecule has 90 valence electrons. The molecule has 3 atom stereocenters. The molecular formula is C11H17BrN2O2. The van der Waals surface area contributed by atoms with Crippen LogP contribution in [0.25, 0.3) is 0 Å². The summed E-state index contributed by atoms with van der Waals surface area (Å²) in [5, 5.41) is 4.23. The fraction of sp³-hybridized carbons (Fsp3) is 0.727. The Kier molecular flexibility index (Phi) is 3.86. The van der Waals surface area contributed by atoms with Crippen molar-refractivity contribution in [3.63, 3.8) is 0 Å². The summed E-state index contributed by atoms with van der Waals surface area (Å²) >= 11 is 3.54. The minimum absolute atomic E-state index is 0.147. The molecule has 2 rings (SSSR count). The summed E-state index contributed by atoms with van der Waals surface area (Å²) in [6.07, 6.45) is 6.07. The van der Waals surface area contributed by atoms with Crippen LogP contribution in [-0.2, 0) is 11.3 Å². The van der Waals surface area contributed by atoms with Crippen LogP contribution in [0.5, 0.6) is 5.75 Å². The van der Waals surface area contributed by atoms with Gasteiger partial charge in [-0.2, -0.15) is 5.10 Å². The van der Waals surface area contributed by atoms with E-state index in [-0.39, 0.29) is 12.2 Å². The molecule has 3 unspecified atom stereocenters. The Balaban J connectivity index is 1.89. The van der Waals surface area contributed by atoms with Crippen LogP contribution in [0.4, 0.5) is 0 Å². The van der Waals surface area contributed by atoms with Crippen LogP contribution in [0.3, 0.4) is 0 Å². The Labute approximate surface area is 104 Å². The Hall–Kier alpha value is -0.550. The van der Waals surface area contributed by atoms with E-state index in [0.717, 1.165) is 25.1 Å². The lowest BCUT2D eigenvalue weighted by Gasteiger charge is -2.39. The van der Waals surface area contributed by atoms with Gasteiger partial charge in [0, 0.05) is 24.9 Å². The number of aromatic nitrogens is 2. The lowest BCUT2D eigenvalue weighted by molar-refractivity contribution is -0.0545. The molecule has 1 heterocycles. The molecule has 0 aliphatic heterocycles. The van der Waals surface area contributed by atoms with Gasteiger partial charge in [0.05, 0.1) is 12.4 Å². The molecule has 0 spiro atoms. The first-order chi connectivity index (χ1) is 7.74. The van der Waals surface area contributed by atoms with Gasteiger partial charge in [-0.25, -0.2) is 0 Å². The predicted octanol–water partition coefficient (Wildman–Crippen LogP) is 2.22. The smallest absolute Gasteiger partial charge is 0.157 e. The van der Waals surface area contributed by atoms with E-state index in [9.17, 15) is 0 Å². The number of nitrogens with zero attached hydrogens (tertiary/aromatic N) is 2. The maximum absolute atomic E-state index is 5.81.